The van der Waals surface area contributed by atoms with Gasteiger partial charge in [0.15, 0.2) is 0 Å². The lowest BCUT2D eigenvalue weighted by molar-refractivity contribution is -0.122. The molecule has 0 fully saturated rings. The van der Waals surface area contributed by atoms with Crippen molar-refractivity contribution in [3.63, 3.8) is 0 Å². The quantitative estimate of drug-likeness (QED) is 0.584. The second kappa shape index (κ2) is 9.09. The monoisotopic (exact) mass is 347 g/mol. The molecule has 0 aliphatic carbocycles. The second-order valence-electron chi connectivity index (χ2n) is 4.84. The van der Waals surface area contributed by atoms with Gasteiger partial charge in [0.1, 0.15) is 0 Å². The van der Waals surface area contributed by atoms with Crippen LogP contribution in [0.3, 0.4) is 0 Å². The first-order valence-electron chi connectivity index (χ1n) is 7.13. The van der Waals surface area contributed by atoms with Gasteiger partial charge in [-0.05, 0) is 44.2 Å². The fourth-order valence-electron chi connectivity index (χ4n) is 1.70. The molecule has 0 aliphatic heterocycles. The van der Waals surface area contributed by atoms with Crippen molar-refractivity contribution in [2.24, 2.45) is 0 Å². The molecule has 0 heterocycles. The molecule has 1 atom stereocenters. The van der Waals surface area contributed by atoms with Crippen LogP contribution in [0, 0.1) is 0 Å². The molecule has 6 nitrogen and oxygen atoms in total. The van der Waals surface area contributed by atoms with Crippen molar-refractivity contribution in [3.05, 3.63) is 29.3 Å². The number of nitrogens with one attached hydrogen (secondary N) is 3. The van der Waals surface area contributed by atoms with E-state index in [0.29, 0.717) is 18.1 Å². The highest BCUT2D eigenvalue weighted by Crippen LogP contribution is 2.14. The molecule has 0 saturated carbocycles. The van der Waals surface area contributed by atoms with E-state index in [1.807, 2.05) is 0 Å². The van der Waals surface area contributed by atoms with Gasteiger partial charge in [0.2, 0.25) is 15.9 Å². The maximum atomic E-state index is 12.1. The Hall–Kier alpha value is -1.15. The average Bonchev–Trinajstić information content (AvgIpc) is 2.46. The minimum absolute atomic E-state index is 0.0705. The van der Waals surface area contributed by atoms with Gasteiger partial charge in [0.05, 0.1) is 10.9 Å². The van der Waals surface area contributed by atoms with E-state index >= 15 is 0 Å². The van der Waals surface area contributed by atoms with Gasteiger partial charge in [0, 0.05) is 18.1 Å². The highest BCUT2D eigenvalue weighted by Gasteiger charge is 2.21. The van der Waals surface area contributed by atoms with E-state index in [2.05, 4.69) is 22.3 Å². The van der Waals surface area contributed by atoms with E-state index < -0.39 is 16.1 Å². The van der Waals surface area contributed by atoms with E-state index in [9.17, 15) is 13.2 Å². The summed E-state index contributed by atoms with van der Waals surface area (Å²) in [4.78, 5) is 11.9. The van der Waals surface area contributed by atoms with Crippen molar-refractivity contribution in [1.29, 1.82) is 0 Å². The summed E-state index contributed by atoms with van der Waals surface area (Å²) in [6.07, 6.45) is 1.02. The third-order valence-electron chi connectivity index (χ3n) is 2.88. The van der Waals surface area contributed by atoms with E-state index in [1.54, 1.807) is 0 Å². The van der Waals surface area contributed by atoms with Crippen LogP contribution in [0.5, 0.6) is 0 Å². The van der Waals surface area contributed by atoms with Crippen LogP contribution in [0.25, 0.3) is 0 Å². The summed E-state index contributed by atoms with van der Waals surface area (Å²) in [5, 5.41) is 6.27. The zero-order chi connectivity index (χ0) is 16.6. The molecule has 3 N–H and O–H groups in total. The van der Waals surface area contributed by atoms with Gasteiger partial charge in [0.25, 0.3) is 0 Å². The molecule has 0 aromatic heterocycles. The van der Waals surface area contributed by atoms with Crippen LogP contribution in [-0.2, 0) is 14.8 Å². The molecular weight excluding hydrogens is 326 g/mol. The molecule has 1 amide bonds. The lowest BCUT2D eigenvalue weighted by atomic mass is 10.3. The van der Waals surface area contributed by atoms with Crippen LogP contribution >= 0.6 is 11.6 Å². The molecule has 1 unspecified atom stereocenters. The Morgan fingerprint density at radius 3 is 2.41 bits per heavy atom. The SMILES string of the molecule is CCCNCCNC(=O)C(C)NS(=O)(=O)c1ccc(Cl)cc1. The van der Waals surface area contributed by atoms with Crippen LogP contribution in [0.4, 0.5) is 0 Å². The van der Waals surface area contributed by atoms with Crippen molar-refractivity contribution >= 4 is 27.5 Å². The lowest BCUT2D eigenvalue weighted by Gasteiger charge is -2.14. The number of sulfonamides is 1. The van der Waals surface area contributed by atoms with E-state index in [4.69, 9.17) is 11.6 Å². The highest BCUT2D eigenvalue weighted by atomic mass is 35.5. The molecule has 0 saturated heterocycles. The summed E-state index contributed by atoms with van der Waals surface area (Å²) in [5.41, 5.74) is 0. The zero-order valence-electron chi connectivity index (χ0n) is 12.7. The largest absolute Gasteiger partial charge is 0.353 e. The Morgan fingerprint density at radius 2 is 1.82 bits per heavy atom. The number of rotatable bonds is 9. The van der Waals surface area contributed by atoms with E-state index in [1.165, 1.54) is 31.2 Å². The molecule has 0 aliphatic rings. The van der Waals surface area contributed by atoms with Gasteiger partial charge in [-0.25, -0.2) is 8.42 Å². The third kappa shape index (κ3) is 6.31. The number of carbonyl (C=O) groups is 1. The van der Waals surface area contributed by atoms with Gasteiger partial charge in [-0.3, -0.25) is 4.79 Å². The molecule has 124 valence electrons. The Balaban J connectivity index is 2.50. The topological polar surface area (TPSA) is 87.3 Å². The molecule has 8 heteroatoms. The van der Waals surface area contributed by atoms with Gasteiger partial charge in [-0.15, -0.1) is 0 Å². The average molecular weight is 348 g/mol. The minimum atomic E-state index is -3.75. The van der Waals surface area contributed by atoms with Gasteiger partial charge >= 0.3 is 0 Å². The first kappa shape index (κ1) is 18.9. The maximum Gasteiger partial charge on any atom is 0.241 e. The standard InChI is InChI=1S/C14H22ClN3O3S/c1-3-8-16-9-10-17-14(19)11(2)18-22(20,21)13-6-4-12(15)5-7-13/h4-7,11,16,18H,3,8-10H2,1-2H3,(H,17,19). The van der Waals surface area contributed by atoms with Gasteiger partial charge in [-0.1, -0.05) is 18.5 Å². The molecule has 0 bridgehead atoms. The van der Waals surface area contributed by atoms with Crippen LogP contribution in [-0.4, -0.2) is 40.0 Å². The summed E-state index contributed by atoms with van der Waals surface area (Å²) < 4.78 is 26.6. The van der Waals surface area contributed by atoms with Crippen molar-refractivity contribution in [2.45, 2.75) is 31.2 Å². The van der Waals surface area contributed by atoms with Crippen molar-refractivity contribution in [2.75, 3.05) is 19.6 Å². The molecule has 1 aromatic carbocycles. The summed E-state index contributed by atoms with van der Waals surface area (Å²) in [6.45, 7) is 5.54. The second-order valence-corrected chi connectivity index (χ2v) is 6.99. The number of carbonyl (C=O) groups excluding carboxylic acids is 1. The summed E-state index contributed by atoms with van der Waals surface area (Å²) in [6, 6.07) is 4.90. The first-order chi connectivity index (χ1) is 10.4. The zero-order valence-corrected chi connectivity index (χ0v) is 14.3. The third-order valence-corrected chi connectivity index (χ3v) is 4.69. The number of benzene rings is 1. The first-order valence-corrected chi connectivity index (χ1v) is 8.99. The number of hydrogen-bond acceptors (Lipinski definition) is 4. The van der Waals surface area contributed by atoms with Crippen molar-refractivity contribution in [1.82, 2.24) is 15.4 Å². The molecule has 0 spiro atoms. The molecular formula is C14H22ClN3O3S. The maximum absolute atomic E-state index is 12.1. The Morgan fingerprint density at radius 1 is 1.18 bits per heavy atom. The van der Waals surface area contributed by atoms with Crippen molar-refractivity contribution < 1.29 is 13.2 Å². The Bertz CT molecular complexity index is 576. The number of halogens is 1. The fraction of sp³-hybridized carbons (Fsp3) is 0.500. The Kier molecular flexibility index (Phi) is 7.81. The molecule has 1 rings (SSSR count). The predicted molar refractivity (Wildman–Crippen MR) is 87.4 cm³/mol. The van der Waals surface area contributed by atoms with E-state index in [0.717, 1.165) is 13.0 Å². The van der Waals surface area contributed by atoms with Crippen LogP contribution in [0.15, 0.2) is 29.2 Å². The van der Waals surface area contributed by atoms with Crippen LogP contribution in [0.2, 0.25) is 5.02 Å². The fourth-order valence-corrected chi connectivity index (χ4v) is 3.03. The smallest absolute Gasteiger partial charge is 0.241 e. The van der Waals surface area contributed by atoms with Crippen LogP contribution in [0.1, 0.15) is 20.3 Å². The van der Waals surface area contributed by atoms with Crippen molar-refractivity contribution in [3.8, 4) is 0 Å². The summed E-state index contributed by atoms with van der Waals surface area (Å²) in [5.74, 6) is -0.365. The normalized spacial score (nSPS) is 12.9. The van der Waals surface area contributed by atoms with Gasteiger partial charge in [-0.2, -0.15) is 4.72 Å². The lowest BCUT2D eigenvalue weighted by Crippen LogP contribution is -2.46. The molecule has 0 radical (unpaired) electrons. The predicted octanol–water partition coefficient (Wildman–Crippen LogP) is 1.12. The number of amides is 1. The Labute approximate surface area is 136 Å². The minimum Gasteiger partial charge on any atom is -0.353 e. The van der Waals surface area contributed by atoms with E-state index in [-0.39, 0.29) is 10.8 Å². The molecule has 1 aromatic rings. The summed E-state index contributed by atoms with van der Waals surface area (Å²) in [7, 11) is -3.75. The van der Waals surface area contributed by atoms with Gasteiger partial charge < -0.3 is 10.6 Å². The number of hydrogen-bond donors (Lipinski definition) is 3. The summed E-state index contributed by atoms with van der Waals surface area (Å²) >= 11 is 5.73. The van der Waals surface area contributed by atoms with Crippen LogP contribution < -0.4 is 15.4 Å². The molecule has 22 heavy (non-hydrogen) atoms. The highest BCUT2D eigenvalue weighted by molar-refractivity contribution is 7.89.